The molecule has 170 valence electrons. The van der Waals surface area contributed by atoms with Crippen molar-refractivity contribution < 1.29 is 11.0 Å². The van der Waals surface area contributed by atoms with Crippen molar-refractivity contribution in [2.75, 3.05) is 23.9 Å². The van der Waals surface area contributed by atoms with Crippen LogP contribution in [0.1, 0.15) is 61.9 Å². The van der Waals surface area contributed by atoms with Crippen LogP contribution in [0, 0.1) is 13.8 Å². The summed E-state index contributed by atoms with van der Waals surface area (Å²) in [5, 5.41) is 3.34. The molecule has 2 aromatic rings. The van der Waals surface area contributed by atoms with Gasteiger partial charge in [-0.3, -0.25) is 10.6 Å². The number of benzene rings is 2. The summed E-state index contributed by atoms with van der Waals surface area (Å²) >= 11 is 0. The molecule has 0 unspecified atom stereocenters. The van der Waals surface area contributed by atoms with Gasteiger partial charge in [-0.1, -0.05) is 35.9 Å². The fourth-order valence-corrected chi connectivity index (χ4v) is 3.98. The maximum Gasteiger partial charge on any atom is 0.306 e. The van der Waals surface area contributed by atoms with E-state index in [1.54, 1.807) is 0 Å². The number of carbonyl (C=O) groups is 1. The van der Waals surface area contributed by atoms with Gasteiger partial charge in [0.25, 0.3) is 0 Å². The van der Waals surface area contributed by atoms with Gasteiger partial charge < -0.3 is 15.5 Å². The minimum atomic E-state index is -0.188. The number of hydrazine groups is 1. The average molecular weight is 537 g/mol. The largest absolute Gasteiger partial charge is 0.466 e. The van der Waals surface area contributed by atoms with Crippen molar-refractivity contribution in [2.45, 2.75) is 52.9 Å². The Balaban J connectivity index is 0.00000256. The van der Waals surface area contributed by atoms with E-state index in [9.17, 15) is 4.79 Å². The van der Waals surface area contributed by atoms with Crippen LogP contribution in [0.15, 0.2) is 42.0 Å². The van der Waals surface area contributed by atoms with Gasteiger partial charge in [0.15, 0.2) is 0 Å². The highest BCUT2D eigenvalue weighted by Crippen LogP contribution is 2.38. The van der Waals surface area contributed by atoms with E-state index >= 15 is 0 Å². The van der Waals surface area contributed by atoms with Gasteiger partial charge in [-0.05, 0) is 74.4 Å². The summed E-state index contributed by atoms with van der Waals surface area (Å²) in [6.45, 7) is 9.27. The van der Waals surface area contributed by atoms with Gasteiger partial charge >= 0.3 is 5.97 Å². The standard InChI is InChI=1S/C25H33N3O2.HI.H2/c1-5-27-23-12-11-21(17(4)25(23)28-26)22(15-24(29)30-6-2)19-10-7-16(3)20(14-19)13-18-8-9-18;;/h7-8,10-12,14,22,27-28H,5-6,9,13,15,26H2,1-4H3;2*1H/t22-;;/m1../s1. The number of nitrogen functional groups attached to an aromatic ring is 1. The van der Waals surface area contributed by atoms with E-state index in [-0.39, 0.29) is 37.3 Å². The lowest BCUT2D eigenvalue weighted by molar-refractivity contribution is -0.143. The van der Waals surface area contributed by atoms with Crippen LogP contribution in [-0.2, 0) is 16.0 Å². The highest BCUT2D eigenvalue weighted by Gasteiger charge is 2.24. The third-order valence-electron chi connectivity index (χ3n) is 5.76. The van der Waals surface area contributed by atoms with Crippen molar-refractivity contribution in [3.8, 4) is 0 Å². The first-order chi connectivity index (χ1) is 14.5. The Kier molecular flexibility index (Phi) is 9.37. The molecule has 4 N–H and O–H groups in total. The fourth-order valence-electron chi connectivity index (χ4n) is 3.98. The summed E-state index contributed by atoms with van der Waals surface area (Å²) in [7, 11) is 0. The van der Waals surface area contributed by atoms with Crippen LogP contribution < -0.4 is 16.6 Å². The molecule has 0 aliphatic heterocycles. The van der Waals surface area contributed by atoms with Crippen molar-refractivity contribution in [3.63, 3.8) is 0 Å². The summed E-state index contributed by atoms with van der Waals surface area (Å²) in [5.41, 5.74) is 12.0. The number of esters is 1. The normalized spacial score (nSPS) is 13.0. The third kappa shape index (κ3) is 6.23. The quantitative estimate of drug-likeness (QED) is 0.117. The van der Waals surface area contributed by atoms with Gasteiger partial charge in [-0.15, -0.1) is 24.0 Å². The van der Waals surface area contributed by atoms with Crippen LogP contribution in [0.3, 0.4) is 0 Å². The molecule has 0 radical (unpaired) electrons. The number of nitrogens with one attached hydrogen (secondary N) is 2. The first kappa shape index (κ1) is 25.2. The van der Waals surface area contributed by atoms with Crippen LogP contribution in [0.25, 0.3) is 0 Å². The zero-order chi connectivity index (χ0) is 21.7. The molecule has 31 heavy (non-hydrogen) atoms. The number of hydrogen-bond donors (Lipinski definition) is 3. The van der Waals surface area contributed by atoms with Crippen LogP contribution in [-0.4, -0.2) is 19.1 Å². The second-order valence-corrected chi connectivity index (χ2v) is 7.87. The first-order valence-corrected chi connectivity index (χ1v) is 10.7. The molecular weight excluding hydrogens is 501 g/mol. The number of hydrogen-bond acceptors (Lipinski definition) is 5. The number of allylic oxidation sites excluding steroid dienone is 2. The Bertz CT molecular complexity index is 962. The molecule has 2 aromatic carbocycles. The third-order valence-corrected chi connectivity index (χ3v) is 5.76. The van der Waals surface area contributed by atoms with Gasteiger partial charge in [0.05, 0.1) is 24.4 Å². The smallest absolute Gasteiger partial charge is 0.306 e. The van der Waals surface area contributed by atoms with Crippen LogP contribution in [0.4, 0.5) is 11.4 Å². The highest BCUT2D eigenvalue weighted by molar-refractivity contribution is 14.0. The van der Waals surface area contributed by atoms with Crippen molar-refractivity contribution in [1.29, 1.82) is 0 Å². The molecule has 1 atom stereocenters. The van der Waals surface area contributed by atoms with Crippen LogP contribution >= 0.6 is 24.0 Å². The molecule has 0 saturated heterocycles. The van der Waals surface area contributed by atoms with E-state index in [0.29, 0.717) is 13.0 Å². The molecule has 0 bridgehead atoms. The first-order valence-electron chi connectivity index (χ1n) is 10.7. The molecule has 0 amide bonds. The van der Waals surface area contributed by atoms with Crippen molar-refractivity contribution in [1.82, 2.24) is 0 Å². The second kappa shape index (κ2) is 11.5. The minimum absolute atomic E-state index is 0. The lowest BCUT2D eigenvalue weighted by Gasteiger charge is -2.24. The molecule has 5 nitrogen and oxygen atoms in total. The second-order valence-electron chi connectivity index (χ2n) is 7.87. The zero-order valence-corrected chi connectivity index (χ0v) is 21.2. The number of aryl methyl sites for hydroxylation is 1. The summed E-state index contributed by atoms with van der Waals surface area (Å²) in [5.74, 6) is 5.57. The monoisotopic (exact) mass is 537 g/mol. The van der Waals surface area contributed by atoms with E-state index in [0.717, 1.165) is 47.5 Å². The predicted molar refractivity (Wildman–Crippen MR) is 141 cm³/mol. The van der Waals surface area contributed by atoms with Gasteiger partial charge in [-0.25, -0.2) is 0 Å². The molecule has 0 heterocycles. The van der Waals surface area contributed by atoms with Crippen LogP contribution in [0.5, 0.6) is 0 Å². The number of ether oxygens (including phenoxy) is 1. The zero-order valence-electron chi connectivity index (χ0n) is 18.9. The molecule has 1 aliphatic carbocycles. The Hall–Kier alpha value is -2.06. The molecule has 0 saturated carbocycles. The molecule has 3 rings (SSSR count). The Labute approximate surface area is 204 Å². The molecule has 6 heteroatoms. The van der Waals surface area contributed by atoms with Gasteiger partial charge in [0.2, 0.25) is 0 Å². The number of anilines is 2. The summed E-state index contributed by atoms with van der Waals surface area (Å²) < 4.78 is 5.30. The molecule has 0 aromatic heterocycles. The maximum absolute atomic E-state index is 12.5. The van der Waals surface area contributed by atoms with E-state index in [1.807, 2.05) is 19.9 Å². The maximum atomic E-state index is 12.5. The summed E-state index contributed by atoms with van der Waals surface area (Å²) in [4.78, 5) is 12.5. The lowest BCUT2D eigenvalue weighted by atomic mass is 9.83. The van der Waals surface area contributed by atoms with E-state index in [4.69, 9.17) is 10.6 Å². The van der Waals surface area contributed by atoms with Gasteiger partial charge in [0.1, 0.15) is 0 Å². The Morgan fingerprint density at radius 3 is 2.58 bits per heavy atom. The van der Waals surface area contributed by atoms with Crippen molar-refractivity contribution >= 4 is 41.3 Å². The number of rotatable bonds is 10. The topological polar surface area (TPSA) is 76.4 Å². The van der Waals surface area contributed by atoms with Crippen molar-refractivity contribution in [2.24, 2.45) is 5.84 Å². The number of nitrogens with two attached hydrogens (primary N) is 1. The summed E-state index contributed by atoms with van der Waals surface area (Å²) in [6, 6.07) is 10.7. The van der Waals surface area contributed by atoms with Crippen LogP contribution in [0.2, 0.25) is 0 Å². The van der Waals surface area contributed by atoms with Crippen molar-refractivity contribution in [3.05, 3.63) is 69.8 Å². The Morgan fingerprint density at radius 2 is 1.97 bits per heavy atom. The molecule has 0 fully saturated rings. The SMILES string of the molecule is CCNc1ccc([C@H](CC(=O)OCC)c2ccc(C)c(CC3=CC3)c2)c(C)c1NN.I.[HH]. The van der Waals surface area contributed by atoms with E-state index in [2.05, 4.69) is 54.9 Å². The highest BCUT2D eigenvalue weighted by atomic mass is 127. The van der Waals surface area contributed by atoms with Gasteiger partial charge in [0, 0.05) is 13.9 Å². The van der Waals surface area contributed by atoms with E-state index < -0.39 is 0 Å². The Morgan fingerprint density at radius 1 is 1.23 bits per heavy atom. The number of carbonyl (C=O) groups excluding carboxylic acids is 1. The predicted octanol–water partition coefficient (Wildman–Crippen LogP) is 5.84. The molecule has 0 spiro atoms. The summed E-state index contributed by atoms with van der Waals surface area (Å²) in [6.07, 6.45) is 4.67. The van der Waals surface area contributed by atoms with Gasteiger partial charge in [-0.2, -0.15) is 0 Å². The average Bonchev–Trinajstić information content (AvgIpc) is 3.53. The fraction of sp³-hybridized carbons (Fsp3) is 0.400. The lowest BCUT2D eigenvalue weighted by Crippen LogP contribution is -2.16. The molecule has 1 aliphatic rings. The van der Waals surface area contributed by atoms with E-state index in [1.165, 1.54) is 16.7 Å². The molecular formula is C25H36IN3O2. The number of halogens is 1. The minimum Gasteiger partial charge on any atom is -0.466 e.